The van der Waals surface area contributed by atoms with E-state index in [4.69, 9.17) is 4.74 Å². The lowest BCUT2D eigenvalue weighted by molar-refractivity contribution is -0.154. The number of hydrogen-bond acceptors (Lipinski definition) is 3. The first kappa shape index (κ1) is 20.6. The molecule has 0 spiro atoms. The zero-order chi connectivity index (χ0) is 20.8. The van der Waals surface area contributed by atoms with E-state index in [0.717, 1.165) is 44.3 Å². The van der Waals surface area contributed by atoms with Gasteiger partial charge < -0.3 is 4.74 Å². The van der Waals surface area contributed by atoms with Gasteiger partial charge in [-0.15, -0.1) is 0 Å². The number of nitrogens with zero attached hydrogens (tertiary/aromatic N) is 1. The fraction of sp³-hybridized carbons (Fsp3) is 0.370. The maximum atomic E-state index is 13.3. The van der Waals surface area contributed by atoms with Crippen LogP contribution >= 0.6 is 0 Å². The zero-order valence-corrected chi connectivity index (χ0v) is 17.7. The molecule has 1 fully saturated rings. The first-order valence-electron chi connectivity index (χ1n) is 11.1. The monoisotopic (exact) mass is 401 g/mol. The van der Waals surface area contributed by atoms with Crippen LogP contribution in [0, 0.1) is 0 Å². The summed E-state index contributed by atoms with van der Waals surface area (Å²) in [6.07, 6.45) is 10.2. The van der Waals surface area contributed by atoms with Crippen LogP contribution in [-0.2, 0) is 9.53 Å². The van der Waals surface area contributed by atoms with Crippen molar-refractivity contribution >= 4 is 5.97 Å². The Balaban J connectivity index is 1.47. The molecule has 0 saturated carbocycles. The number of likely N-dealkylation sites (tertiary alicyclic amines) is 1. The maximum Gasteiger partial charge on any atom is 0.328 e. The second-order valence-corrected chi connectivity index (χ2v) is 8.32. The molecule has 2 aromatic carbocycles. The fourth-order valence-electron chi connectivity index (χ4n) is 4.63. The second kappa shape index (κ2) is 9.90. The molecule has 156 valence electrons. The van der Waals surface area contributed by atoms with Gasteiger partial charge in [0, 0.05) is 0 Å². The van der Waals surface area contributed by atoms with Crippen molar-refractivity contribution in [3.63, 3.8) is 0 Å². The Morgan fingerprint density at radius 1 is 1.00 bits per heavy atom. The maximum absolute atomic E-state index is 13.3. The highest BCUT2D eigenvalue weighted by Gasteiger charge is 2.34. The molecule has 0 radical (unpaired) electrons. The third kappa shape index (κ3) is 4.91. The van der Waals surface area contributed by atoms with E-state index in [9.17, 15) is 4.79 Å². The van der Waals surface area contributed by atoms with Gasteiger partial charge >= 0.3 is 5.97 Å². The van der Waals surface area contributed by atoms with Crippen molar-refractivity contribution in [1.29, 1.82) is 0 Å². The molecule has 2 aromatic rings. The predicted octanol–water partition coefficient (Wildman–Crippen LogP) is 5.82. The summed E-state index contributed by atoms with van der Waals surface area (Å²) in [4.78, 5) is 15.7. The summed E-state index contributed by atoms with van der Waals surface area (Å²) in [7, 11) is 0. The summed E-state index contributed by atoms with van der Waals surface area (Å²) < 4.78 is 5.97. The molecule has 1 heterocycles. The third-order valence-corrected chi connectivity index (χ3v) is 6.35. The number of rotatable bonds is 6. The summed E-state index contributed by atoms with van der Waals surface area (Å²) >= 11 is 0. The molecular formula is C27H31NO2. The molecule has 3 heteroatoms. The van der Waals surface area contributed by atoms with Crippen molar-refractivity contribution in [1.82, 2.24) is 4.90 Å². The Hall–Kier alpha value is -2.65. The standard InChI is InChI=1S/C27H31NO2/c1-21(22-11-5-2-6-12-22)30-27(29)26(25-15-9-4-10-16-25)28-19-17-24(18-20-28)23-13-7-3-8-14-23/h2-9,11-15,21,24,26H,10,16-20H2,1H3/t21-,26?/m0/s1. The van der Waals surface area contributed by atoms with Gasteiger partial charge in [-0.1, -0.05) is 78.9 Å². The number of allylic oxidation sites excluding steroid dienone is 3. The number of piperidine rings is 1. The van der Waals surface area contributed by atoms with E-state index in [0.29, 0.717) is 5.92 Å². The average Bonchev–Trinajstić information content (AvgIpc) is 2.81. The van der Waals surface area contributed by atoms with E-state index in [2.05, 4.69) is 53.5 Å². The van der Waals surface area contributed by atoms with E-state index in [1.54, 1.807) is 0 Å². The summed E-state index contributed by atoms with van der Waals surface area (Å²) in [5, 5.41) is 0. The lowest BCUT2D eigenvalue weighted by Crippen LogP contribution is -2.47. The Bertz CT molecular complexity index is 880. The minimum absolute atomic E-state index is 0.119. The molecule has 2 aliphatic rings. The molecule has 3 nitrogen and oxygen atoms in total. The van der Waals surface area contributed by atoms with E-state index >= 15 is 0 Å². The van der Waals surface area contributed by atoms with Crippen LogP contribution in [0.2, 0.25) is 0 Å². The highest BCUT2D eigenvalue weighted by Crippen LogP contribution is 2.32. The Kier molecular flexibility index (Phi) is 6.81. The minimum Gasteiger partial charge on any atom is -0.456 e. The van der Waals surface area contributed by atoms with Crippen molar-refractivity contribution in [2.24, 2.45) is 0 Å². The summed E-state index contributed by atoms with van der Waals surface area (Å²) in [5.74, 6) is 0.452. The number of esters is 1. The van der Waals surface area contributed by atoms with Crippen LogP contribution < -0.4 is 0 Å². The number of carbonyl (C=O) groups excluding carboxylic acids is 1. The number of ether oxygens (including phenoxy) is 1. The van der Waals surface area contributed by atoms with Gasteiger partial charge in [-0.25, -0.2) is 4.79 Å². The normalized spacial score (nSPS) is 19.7. The van der Waals surface area contributed by atoms with Gasteiger partial charge in [-0.2, -0.15) is 0 Å². The molecule has 1 unspecified atom stereocenters. The largest absolute Gasteiger partial charge is 0.456 e. The first-order chi connectivity index (χ1) is 14.7. The van der Waals surface area contributed by atoms with Crippen LogP contribution in [-0.4, -0.2) is 30.0 Å². The number of carbonyl (C=O) groups is 1. The minimum atomic E-state index is -0.280. The van der Waals surface area contributed by atoms with Crippen LogP contribution in [0.3, 0.4) is 0 Å². The van der Waals surface area contributed by atoms with Crippen LogP contribution in [0.5, 0.6) is 0 Å². The molecule has 30 heavy (non-hydrogen) atoms. The predicted molar refractivity (Wildman–Crippen MR) is 121 cm³/mol. The topological polar surface area (TPSA) is 29.5 Å². The van der Waals surface area contributed by atoms with Crippen molar-refractivity contribution in [2.45, 2.75) is 50.7 Å². The van der Waals surface area contributed by atoms with Gasteiger partial charge in [-0.3, -0.25) is 4.90 Å². The molecule has 4 rings (SSSR count). The summed E-state index contributed by atoms with van der Waals surface area (Å²) in [6, 6.07) is 20.5. The van der Waals surface area contributed by atoms with Crippen LogP contribution in [0.15, 0.2) is 84.5 Å². The van der Waals surface area contributed by atoms with Gasteiger partial charge in [0.05, 0.1) is 0 Å². The van der Waals surface area contributed by atoms with Crippen molar-refractivity contribution in [3.05, 3.63) is 95.6 Å². The van der Waals surface area contributed by atoms with E-state index < -0.39 is 0 Å². The molecule has 0 N–H and O–H groups in total. The van der Waals surface area contributed by atoms with Crippen molar-refractivity contribution < 1.29 is 9.53 Å². The second-order valence-electron chi connectivity index (χ2n) is 8.32. The molecule has 2 atom stereocenters. The molecular weight excluding hydrogens is 370 g/mol. The van der Waals surface area contributed by atoms with Crippen molar-refractivity contribution in [3.8, 4) is 0 Å². The van der Waals surface area contributed by atoms with Gasteiger partial charge in [0.1, 0.15) is 12.1 Å². The highest BCUT2D eigenvalue weighted by molar-refractivity contribution is 5.80. The number of benzene rings is 2. The molecule has 0 aromatic heterocycles. The SMILES string of the molecule is C[C@H](OC(=O)C(C1=CC=CCC1)N1CCC(c2ccccc2)CC1)c1ccccc1. The Morgan fingerprint density at radius 3 is 2.30 bits per heavy atom. The molecule has 1 aliphatic carbocycles. The molecule has 0 bridgehead atoms. The van der Waals surface area contributed by atoms with Gasteiger partial charge in [0.2, 0.25) is 0 Å². The number of hydrogen-bond donors (Lipinski definition) is 0. The Morgan fingerprint density at radius 2 is 1.67 bits per heavy atom. The van der Waals surface area contributed by atoms with Crippen LogP contribution in [0.4, 0.5) is 0 Å². The average molecular weight is 402 g/mol. The van der Waals surface area contributed by atoms with E-state index in [1.807, 2.05) is 37.3 Å². The van der Waals surface area contributed by atoms with Crippen LogP contribution in [0.25, 0.3) is 0 Å². The molecule has 1 aliphatic heterocycles. The summed E-state index contributed by atoms with van der Waals surface area (Å²) in [5.41, 5.74) is 3.62. The lowest BCUT2D eigenvalue weighted by atomic mass is 9.87. The van der Waals surface area contributed by atoms with Gasteiger partial charge in [0.25, 0.3) is 0 Å². The van der Waals surface area contributed by atoms with Gasteiger partial charge in [-0.05, 0) is 68.3 Å². The van der Waals surface area contributed by atoms with E-state index in [-0.39, 0.29) is 18.1 Å². The highest BCUT2D eigenvalue weighted by atomic mass is 16.5. The zero-order valence-electron chi connectivity index (χ0n) is 17.7. The van der Waals surface area contributed by atoms with E-state index in [1.165, 1.54) is 11.1 Å². The first-order valence-corrected chi connectivity index (χ1v) is 11.1. The smallest absolute Gasteiger partial charge is 0.328 e. The molecule has 1 saturated heterocycles. The van der Waals surface area contributed by atoms with Crippen molar-refractivity contribution in [2.75, 3.05) is 13.1 Å². The molecule has 0 amide bonds. The quantitative estimate of drug-likeness (QED) is 0.572. The fourth-order valence-corrected chi connectivity index (χ4v) is 4.63. The van der Waals surface area contributed by atoms with Crippen LogP contribution in [0.1, 0.15) is 55.8 Å². The Labute approximate surface area is 180 Å². The summed E-state index contributed by atoms with van der Waals surface area (Å²) in [6.45, 7) is 3.79. The third-order valence-electron chi connectivity index (χ3n) is 6.35. The van der Waals surface area contributed by atoms with Gasteiger partial charge in [0.15, 0.2) is 0 Å². The lowest BCUT2D eigenvalue weighted by Gasteiger charge is -2.38.